The van der Waals surface area contributed by atoms with E-state index in [4.69, 9.17) is 0 Å². The highest BCUT2D eigenvalue weighted by Crippen LogP contribution is 2.31. The van der Waals surface area contributed by atoms with Crippen molar-refractivity contribution in [3.05, 3.63) is 18.2 Å². The summed E-state index contributed by atoms with van der Waals surface area (Å²) in [6, 6.07) is 4.91. The fourth-order valence-electron chi connectivity index (χ4n) is 4.16. The molecule has 3 N–H and O–H groups in total. The first-order valence-electron chi connectivity index (χ1n) is 11.6. The molecule has 1 aliphatic rings. The van der Waals surface area contributed by atoms with E-state index in [0.717, 1.165) is 57.0 Å². The number of fused-ring (bicyclic) bond motifs is 1. The molecule has 0 saturated heterocycles. The molecule has 0 bridgehead atoms. The Bertz CT molecular complexity index is 1190. The summed E-state index contributed by atoms with van der Waals surface area (Å²) in [7, 11) is -1.91. The van der Waals surface area contributed by atoms with Gasteiger partial charge in [0.2, 0.25) is 27.9 Å². The molecule has 0 spiro atoms. The summed E-state index contributed by atoms with van der Waals surface area (Å²) in [4.78, 5) is 13.5. The fourth-order valence-corrected chi connectivity index (χ4v) is 6.12. The topological polar surface area (TPSA) is 138 Å². The molecule has 2 heterocycles. The van der Waals surface area contributed by atoms with Crippen molar-refractivity contribution in [2.75, 3.05) is 42.6 Å². The van der Waals surface area contributed by atoms with Crippen LogP contribution in [0.2, 0.25) is 0 Å². The molecule has 0 unspecified atom stereocenters. The van der Waals surface area contributed by atoms with Gasteiger partial charge in [-0.05, 0) is 63.6 Å². The second kappa shape index (κ2) is 10.7. The van der Waals surface area contributed by atoms with E-state index in [0.29, 0.717) is 34.8 Å². The maximum Gasteiger partial charge on any atom is 0.243 e. The summed E-state index contributed by atoms with van der Waals surface area (Å²) in [5, 5.41) is 9.60. The Morgan fingerprint density at radius 3 is 2.12 bits per heavy atom. The lowest BCUT2D eigenvalue weighted by molar-refractivity contribution is 0.242. The van der Waals surface area contributed by atoms with Gasteiger partial charge < -0.3 is 16.0 Å². The van der Waals surface area contributed by atoms with Gasteiger partial charge in [-0.3, -0.25) is 0 Å². The van der Waals surface area contributed by atoms with E-state index >= 15 is 0 Å². The number of rotatable bonds is 10. The highest BCUT2D eigenvalue weighted by Gasteiger charge is 2.31. The third-order valence-electron chi connectivity index (χ3n) is 6.09. The second-order valence-corrected chi connectivity index (χ2v) is 10.9. The predicted molar refractivity (Wildman–Crippen MR) is 135 cm³/mol. The first-order valence-corrected chi connectivity index (χ1v) is 13.8. The maximum absolute atomic E-state index is 13.2. The van der Waals surface area contributed by atoms with Crippen molar-refractivity contribution in [3.8, 4) is 0 Å². The number of nitrogens with one attached hydrogen (secondary N) is 3. The minimum absolute atomic E-state index is 0.0246. The van der Waals surface area contributed by atoms with Crippen LogP contribution in [0.4, 0.5) is 17.8 Å². The van der Waals surface area contributed by atoms with Crippen LogP contribution >= 0.6 is 11.7 Å². The van der Waals surface area contributed by atoms with Crippen molar-refractivity contribution in [3.63, 3.8) is 0 Å². The monoisotopic (exact) mass is 505 g/mol. The van der Waals surface area contributed by atoms with Gasteiger partial charge in [-0.25, -0.2) is 8.42 Å². The Balaban J connectivity index is 1.34. The molecule has 1 aromatic carbocycles. The minimum Gasteiger partial charge on any atom is -0.354 e. The average molecular weight is 506 g/mol. The standard InChI is InChI=1S/C21H31N9O2S2/c1-4-22-19-25-20(23-5-2)27-21(26-19)24-13-14-6-8-15(9-7-14)30(3)34(31,32)16-10-11-17-18(12-16)29-33-28-17/h10-12,14-15H,4-9,13H2,1-3H3,(H3,22,23,24,25,26,27). The van der Waals surface area contributed by atoms with Gasteiger partial charge in [0.25, 0.3) is 0 Å². The van der Waals surface area contributed by atoms with Crippen molar-refractivity contribution in [1.82, 2.24) is 28.0 Å². The largest absolute Gasteiger partial charge is 0.354 e. The first kappa shape index (κ1) is 24.5. The molecule has 4 rings (SSSR count). The normalized spacial score (nSPS) is 18.8. The molecular weight excluding hydrogens is 474 g/mol. The molecule has 34 heavy (non-hydrogen) atoms. The van der Waals surface area contributed by atoms with Crippen LogP contribution in [0.1, 0.15) is 39.5 Å². The molecule has 0 aliphatic heterocycles. The molecule has 0 amide bonds. The summed E-state index contributed by atoms with van der Waals surface area (Å²) in [5.41, 5.74) is 1.33. The minimum atomic E-state index is -3.59. The molecule has 1 fully saturated rings. The van der Waals surface area contributed by atoms with Crippen molar-refractivity contribution in [2.45, 2.75) is 50.5 Å². The van der Waals surface area contributed by atoms with Gasteiger partial charge >= 0.3 is 0 Å². The third kappa shape index (κ3) is 5.53. The Kier molecular flexibility index (Phi) is 7.73. The summed E-state index contributed by atoms with van der Waals surface area (Å²) in [6.07, 6.45) is 3.48. The lowest BCUT2D eigenvalue weighted by Crippen LogP contribution is -2.40. The van der Waals surface area contributed by atoms with E-state index in [1.165, 1.54) is 4.31 Å². The van der Waals surface area contributed by atoms with Crippen LogP contribution in [-0.2, 0) is 10.0 Å². The Labute approximate surface area is 204 Å². The third-order valence-corrected chi connectivity index (χ3v) is 8.55. The van der Waals surface area contributed by atoms with Gasteiger partial charge in [0.1, 0.15) is 11.0 Å². The van der Waals surface area contributed by atoms with Crippen molar-refractivity contribution in [1.29, 1.82) is 0 Å². The second-order valence-electron chi connectivity index (χ2n) is 8.36. The molecule has 184 valence electrons. The molecule has 1 saturated carbocycles. The van der Waals surface area contributed by atoms with Gasteiger partial charge in [-0.2, -0.15) is 28.0 Å². The summed E-state index contributed by atoms with van der Waals surface area (Å²) < 4.78 is 36.2. The number of hydrogen-bond acceptors (Lipinski definition) is 11. The Morgan fingerprint density at radius 1 is 0.912 bits per heavy atom. The molecule has 3 aromatic rings. The van der Waals surface area contributed by atoms with Crippen molar-refractivity contribution < 1.29 is 8.42 Å². The zero-order chi connectivity index (χ0) is 24.1. The van der Waals surface area contributed by atoms with Crippen molar-refractivity contribution >= 4 is 50.6 Å². The van der Waals surface area contributed by atoms with E-state index in [-0.39, 0.29) is 10.9 Å². The number of hydrogen-bond donors (Lipinski definition) is 3. The quantitative estimate of drug-likeness (QED) is 0.377. The van der Waals surface area contributed by atoms with Gasteiger partial charge in [0, 0.05) is 32.7 Å². The van der Waals surface area contributed by atoms with Crippen LogP contribution in [0.25, 0.3) is 11.0 Å². The zero-order valence-corrected chi connectivity index (χ0v) is 21.3. The molecule has 0 radical (unpaired) electrons. The molecule has 11 nitrogen and oxygen atoms in total. The molecule has 0 atom stereocenters. The van der Waals surface area contributed by atoms with Gasteiger partial charge in [0.15, 0.2) is 0 Å². The van der Waals surface area contributed by atoms with E-state index in [1.807, 2.05) is 13.8 Å². The number of benzene rings is 1. The van der Waals surface area contributed by atoms with E-state index in [9.17, 15) is 8.42 Å². The van der Waals surface area contributed by atoms with Crippen LogP contribution in [0.3, 0.4) is 0 Å². The fraction of sp³-hybridized carbons (Fsp3) is 0.571. The summed E-state index contributed by atoms with van der Waals surface area (Å²) in [5.74, 6) is 2.04. The zero-order valence-electron chi connectivity index (χ0n) is 19.7. The maximum atomic E-state index is 13.2. The number of aromatic nitrogens is 5. The van der Waals surface area contributed by atoms with Crippen LogP contribution in [0, 0.1) is 5.92 Å². The van der Waals surface area contributed by atoms with Crippen LogP contribution in [0.5, 0.6) is 0 Å². The number of nitrogens with zero attached hydrogens (tertiary/aromatic N) is 6. The van der Waals surface area contributed by atoms with Gasteiger partial charge in [0.05, 0.1) is 16.6 Å². The van der Waals surface area contributed by atoms with E-state index in [2.05, 4.69) is 39.6 Å². The number of sulfonamides is 1. The van der Waals surface area contributed by atoms with Gasteiger partial charge in [-0.1, -0.05) is 0 Å². The average Bonchev–Trinajstić information content (AvgIpc) is 3.31. The Hall–Kier alpha value is -2.64. The molecule has 13 heteroatoms. The smallest absolute Gasteiger partial charge is 0.243 e. The summed E-state index contributed by atoms with van der Waals surface area (Å²) >= 11 is 1.08. The lowest BCUT2D eigenvalue weighted by atomic mass is 9.86. The Morgan fingerprint density at radius 2 is 1.50 bits per heavy atom. The van der Waals surface area contributed by atoms with Crippen molar-refractivity contribution in [2.24, 2.45) is 5.92 Å². The SMILES string of the molecule is CCNc1nc(NCC)nc(NCC2CCC(N(C)S(=O)(=O)c3ccc4nsnc4c3)CC2)n1. The number of anilines is 3. The highest BCUT2D eigenvalue weighted by atomic mass is 32.2. The van der Waals surface area contributed by atoms with Gasteiger partial charge in [-0.15, -0.1) is 0 Å². The summed E-state index contributed by atoms with van der Waals surface area (Å²) in [6.45, 7) is 6.17. The predicted octanol–water partition coefficient (Wildman–Crippen LogP) is 3.03. The lowest BCUT2D eigenvalue weighted by Gasteiger charge is -2.34. The van der Waals surface area contributed by atoms with E-state index < -0.39 is 10.0 Å². The van der Waals surface area contributed by atoms with Crippen LogP contribution in [0.15, 0.2) is 23.1 Å². The first-order chi connectivity index (χ1) is 16.4. The molecular formula is C21H31N9O2S2. The van der Waals surface area contributed by atoms with E-state index in [1.54, 1.807) is 25.2 Å². The molecule has 1 aliphatic carbocycles. The van der Waals surface area contributed by atoms with Crippen LogP contribution < -0.4 is 16.0 Å². The highest BCUT2D eigenvalue weighted by molar-refractivity contribution is 7.89. The van der Waals surface area contributed by atoms with Crippen LogP contribution in [-0.4, -0.2) is 69.1 Å². The molecule has 2 aromatic heterocycles.